The molecule has 3 heterocycles. The van der Waals surface area contributed by atoms with Crippen LogP contribution in [0, 0.1) is 0 Å². The molecular weight excluding hydrogens is 546 g/mol. The number of nitrogens with zero attached hydrogens (tertiary/aromatic N) is 4. The van der Waals surface area contributed by atoms with E-state index in [2.05, 4.69) is 30.5 Å². The molecule has 4 N–H and O–H groups in total. The molecule has 1 aliphatic heterocycles. The van der Waals surface area contributed by atoms with Crippen LogP contribution < -0.4 is 30.6 Å². The second-order valence-electron chi connectivity index (χ2n) is 9.16. The van der Waals surface area contributed by atoms with E-state index < -0.39 is 0 Å². The molecule has 41 heavy (non-hydrogen) atoms. The summed E-state index contributed by atoms with van der Waals surface area (Å²) < 4.78 is 22.7. The first-order valence-electron chi connectivity index (χ1n) is 13.2. The first kappa shape index (κ1) is 28.2. The summed E-state index contributed by atoms with van der Waals surface area (Å²) in [6.45, 7) is 4.93. The van der Waals surface area contributed by atoms with Crippen molar-refractivity contribution in [1.29, 1.82) is 0 Å². The first-order valence-corrected chi connectivity index (χ1v) is 13.5. The number of nitrogens with two attached hydrogens (primary N) is 1. The molecule has 5 rings (SSSR count). The van der Waals surface area contributed by atoms with Crippen LogP contribution in [0.2, 0.25) is 5.02 Å². The molecule has 0 radical (unpaired) electrons. The van der Waals surface area contributed by atoms with E-state index in [-0.39, 0.29) is 0 Å². The number of nitrogen functional groups attached to an aromatic ring is 1. The topological polar surface area (TPSA) is 129 Å². The van der Waals surface area contributed by atoms with Crippen molar-refractivity contribution in [2.45, 2.75) is 6.61 Å². The second-order valence-corrected chi connectivity index (χ2v) is 9.57. The van der Waals surface area contributed by atoms with Crippen LogP contribution in [0.1, 0.15) is 5.69 Å². The Morgan fingerprint density at radius 1 is 0.951 bits per heavy atom. The summed E-state index contributed by atoms with van der Waals surface area (Å²) in [6.07, 6.45) is 3.37. The number of hydrogen-bond donors (Lipinski definition) is 3. The summed E-state index contributed by atoms with van der Waals surface area (Å²) in [5.74, 6) is 2.59. The lowest BCUT2D eigenvalue weighted by Gasteiger charge is -2.26. The fraction of sp³-hybridized carbons (Fsp3) is 0.276. The minimum atomic E-state index is 0.323. The molecule has 0 amide bonds. The van der Waals surface area contributed by atoms with Crippen LogP contribution >= 0.6 is 11.6 Å². The molecule has 0 saturated carbocycles. The largest absolute Gasteiger partial charge is 0.494 e. The number of hydrogen-bond acceptors (Lipinski definition) is 11. The van der Waals surface area contributed by atoms with Gasteiger partial charge in [-0.25, -0.2) is 4.98 Å². The zero-order valence-corrected chi connectivity index (χ0v) is 23.4. The highest BCUT2D eigenvalue weighted by atomic mass is 35.5. The highest BCUT2D eigenvalue weighted by molar-refractivity contribution is 6.32. The molecule has 0 atom stereocenters. The molecule has 0 unspecified atom stereocenters. The molecule has 214 valence electrons. The minimum Gasteiger partial charge on any atom is -0.494 e. The fourth-order valence-electron chi connectivity index (χ4n) is 4.17. The lowest BCUT2D eigenvalue weighted by molar-refractivity contribution is 0.0323. The average Bonchev–Trinajstić information content (AvgIpc) is 2.99. The van der Waals surface area contributed by atoms with Gasteiger partial charge in [-0.15, -0.1) is 0 Å². The third kappa shape index (κ3) is 7.88. The third-order valence-corrected chi connectivity index (χ3v) is 6.60. The number of methoxy groups -OCH3 is 1. The summed E-state index contributed by atoms with van der Waals surface area (Å²) in [7, 11) is 1.58. The van der Waals surface area contributed by atoms with Crippen LogP contribution in [-0.2, 0) is 11.3 Å². The van der Waals surface area contributed by atoms with E-state index in [4.69, 9.17) is 36.3 Å². The van der Waals surface area contributed by atoms with Crippen molar-refractivity contribution in [1.82, 2.24) is 19.9 Å². The van der Waals surface area contributed by atoms with Gasteiger partial charge in [0.25, 0.3) is 0 Å². The Hall–Kier alpha value is -4.32. The lowest BCUT2D eigenvalue weighted by Crippen LogP contribution is -2.38. The van der Waals surface area contributed by atoms with Gasteiger partial charge in [-0.05, 0) is 42.5 Å². The molecule has 4 aromatic rings. The molecule has 1 saturated heterocycles. The highest BCUT2D eigenvalue weighted by Crippen LogP contribution is 2.36. The molecule has 2 aromatic heterocycles. The second kappa shape index (κ2) is 13.8. The summed E-state index contributed by atoms with van der Waals surface area (Å²) in [4.78, 5) is 15.4. The minimum absolute atomic E-state index is 0.323. The Labute approximate surface area is 243 Å². The Morgan fingerprint density at radius 3 is 2.61 bits per heavy atom. The zero-order valence-electron chi connectivity index (χ0n) is 22.7. The first-order chi connectivity index (χ1) is 20.1. The zero-order chi connectivity index (χ0) is 28.4. The Bertz CT molecular complexity index is 1440. The maximum absolute atomic E-state index is 6.46. The third-order valence-electron chi connectivity index (χ3n) is 6.31. The van der Waals surface area contributed by atoms with E-state index in [0.29, 0.717) is 58.6 Å². The van der Waals surface area contributed by atoms with E-state index in [9.17, 15) is 0 Å². The number of benzene rings is 2. The molecule has 2 aromatic carbocycles. The van der Waals surface area contributed by atoms with Crippen LogP contribution in [0.5, 0.6) is 17.2 Å². The van der Waals surface area contributed by atoms with Crippen LogP contribution in [0.4, 0.5) is 28.8 Å². The molecule has 0 bridgehead atoms. The van der Waals surface area contributed by atoms with Gasteiger partial charge in [-0.2, -0.15) is 4.98 Å². The van der Waals surface area contributed by atoms with Crippen LogP contribution in [-0.4, -0.2) is 66.4 Å². The van der Waals surface area contributed by atoms with Crippen molar-refractivity contribution in [2.75, 3.05) is 62.9 Å². The van der Waals surface area contributed by atoms with Crippen molar-refractivity contribution in [3.63, 3.8) is 0 Å². The van der Waals surface area contributed by atoms with Gasteiger partial charge in [0.1, 0.15) is 36.3 Å². The van der Waals surface area contributed by atoms with E-state index in [1.807, 2.05) is 24.3 Å². The normalized spacial score (nSPS) is 13.4. The van der Waals surface area contributed by atoms with Gasteiger partial charge in [0, 0.05) is 43.8 Å². The maximum Gasteiger partial charge on any atom is 0.229 e. The number of aromatic nitrogens is 3. The SMILES string of the molecule is COc1cc(OCCN2CCOCC2)c(N)cc1Nc1nccc(Nc2ccc(OCc3ccccn3)c(Cl)c2)n1. The fourth-order valence-corrected chi connectivity index (χ4v) is 4.40. The number of morpholine rings is 1. The van der Waals surface area contributed by atoms with Gasteiger partial charge in [0.2, 0.25) is 5.95 Å². The maximum atomic E-state index is 6.46. The van der Waals surface area contributed by atoms with Crippen molar-refractivity contribution in [3.8, 4) is 17.2 Å². The van der Waals surface area contributed by atoms with Crippen LogP contribution in [0.15, 0.2) is 67.0 Å². The van der Waals surface area contributed by atoms with Crippen LogP contribution in [0.3, 0.4) is 0 Å². The Morgan fingerprint density at radius 2 is 1.83 bits per heavy atom. The van der Waals surface area contributed by atoms with Gasteiger partial charge < -0.3 is 35.3 Å². The molecular formula is C29H32ClN7O4. The monoisotopic (exact) mass is 577 g/mol. The van der Waals surface area contributed by atoms with Gasteiger partial charge in [0.05, 0.1) is 42.4 Å². The van der Waals surface area contributed by atoms with Gasteiger partial charge in [-0.3, -0.25) is 9.88 Å². The molecule has 1 fully saturated rings. The van der Waals surface area contributed by atoms with Crippen molar-refractivity contribution in [2.24, 2.45) is 0 Å². The summed E-state index contributed by atoms with van der Waals surface area (Å²) in [5, 5.41) is 6.89. The molecule has 0 aliphatic carbocycles. The number of rotatable bonds is 12. The lowest BCUT2D eigenvalue weighted by atomic mass is 10.2. The van der Waals surface area contributed by atoms with E-state index in [1.54, 1.807) is 49.8 Å². The Balaban J connectivity index is 1.20. The molecule has 12 heteroatoms. The summed E-state index contributed by atoms with van der Waals surface area (Å²) in [5.41, 5.74) is 8.94. The quantitative estimate of drug-likeness (QED) is 0.199. The highest BCUT2D eigenvalue weighted by Gasteiger charge is 2.14. The van der Waals surface area contributed by atoms with E-state index in [1.165, 1.54) is 0 Å². The van der Waals surface area contributed by atoms with Gasteiger partial charge in [-0.1, -0.05) is 17.7 Å². The number of anilines is 5. The van der Waals surface area contributed by atoms with Crippen molar-refractivity contribution < 1.29 is 18.9 Å². The van der Waals surface area contributed by atoms with Gasteiger partial charge in [0.15, 0.2) is 0 Å². The Kier molecular flexibility index (Phi) is 9.53. The predicted molar refractivity (Wildman–Crippen MR) is 159 cm³/mol. The van der Waals surface area contributed by atoms with E-state index >= 15 is 0 Å². The van der Waals surface area contributed by atoms with Gasteiger partial charge >= 0.3 is 0 Å². The number of ether oxygens (including phenoxy) is 4. The molecule has 1 aliphatic rings. The summed E-state index contributed by atoms with van der Waals surface area (Å²) in [6, 6.07) is 16.3. The van der Waals surface area contributed by atoms with E-state index in [0.717, 1.165) is 44.2 Å². The average molecular weight is 578 g/mol. The number of pyridine rings is 1. The standard InChI is InChI=1S/C29H32ClN7O4/c1-38-27-18-26(40-15-12-37-10-13-39-14-11-37)23(31)17-24(27)35-29-33-9-7-28(36-29)34-20-5-6-25(22(30)16-20)41-19-21-4-2-3-8-32-21/h2-9,16-18H,10-15,19,31H2,1H3,(H2,33,34,35,36). The smallest absolute Gasteiger partial charge is 0.229 e. The van der Waals surface area contributed by atoms with Crippen molar-refractivity contribution >= 4 is 40.4 Å². The number of halogens is 1. The van der Waals surface area contributed by atoms with Crippen LogP contribution in [0.25, 0.3) is 0 Å². The molecule has 11 nitrogen and oxygen atoms in total. The summed E-state index contributed by atoms with van der Waals surface area (Å²) >= 11 is 6.46. The molecule has 0 spiro atoms. The predicted octanol–water partition coefficient (Wildman–Crippen LogP) is 4.89. The van der Waals surface area contributed by atoms with Crippen molar-refractivity contribution in [3.05, 3.63) is 77.7 Å². The number of nitrogens with one attached hydrogen (secondary N) is 2.